The molecule has 124 valence electrons. The number of carbonyl (C=O) groups excluding carboxylic acids is 1. The summed E-state index contributed by atoms with van der Waals surface area (Å²) in [4.78, 5) is 11.8. The van der Waals surface area contributed by atoms with Crippen molar-refractivity contribution in [1.82, 2.24) is 10.6 Å². The first-order valence-corrected chi connectivity index (χ1v) is 7.49. The number of amides is 2. The Morgan fingerprint density at radius 1 is 1.30 bits per heavy atom. The van der Waals surface area contributed by atoms with E-state index in [9.17, 15) is 9.90 Å². The topological polar surface area (TPSA) is 83.7 Å². The first-order chi connectivity index (χ1) is 11.1. The van der Waals surface area contributed by atoms with Crippen molar-refractivity contribution in [3.8, 4) is 0 Å². The molecule has 2 atom stereocenters. The molecule has 7 heteroatoms. The molecule has 1 heterocycles. The third kappa shape index (κ3) is 5.28. The number of carbonyl (C=O) groups is 1. The quantitative estimate of drug-likeness (QED) is 0.724. The number of methoxy groups -OCH3 is 1. The van der Waals surface area contributed by atoms with Gasteiger partial charge >= 0.3 is 6.03 Å². The zero-order valence-electron chi connectivity index (χ0n) is 12.7. The number of rotatable bonds is 7. The van der Waals surface area contributed by atoms with Crippen molar-refractivity contribution >= 4 is 17.6 Å². The highest BCUT2D eigenvalue weighted by atomic mass is 35.5. The second kappa shape index (κ2) is 8.57. The Morgan fingerprint density at radius 2 is 2.09 bits per heavy atom. The Balaban J connectivity index is 1.78. The van der Waals surface area contributed by atoms with Crippen molar-refractivity contribution in [2.45, 2.75) is 12.2 Å². The molecular weight excluding hydrogens is 320 g/mol. The van der Waals surface area contributed by atoms with E-state index in [1.54, 1.807) is 31.4 Å². The van der Waals surface area contributed by atoms with Gasteiger partial charge in [-0.2, -0.15) is 0 Å². The Hall–Kier alpha value is -2.02. The molecule has 1 aromatic carbocycles. The zero-order chi connectivity index (χ0) is 16.7. The van der Waals surface area contributed by atoms with Crippen LogP contribution < -0.4 is 10.6 Å². The Morgan fingerprint density at radius 3 is 2.74 bits per heavy atom. The van der Waals surface area contributed by atoms with Gasteiger partial charge in [-0.1, -0.05) is 23.7 Å². The number of aliphatic hydroxyl groups excluding tert-OH is 1. The van der Waals surface area contributed by atoms with Crippen molar-refractivity contribution in [2.24, 2.45) is 0 Å². The van der Waals surface area contributed by atoms with Crippen LogP contribution in [0.5, 0.6) is 0 Å². The first-order valence-electron chi connectivity index (χ1n) is 7.11. The van der Waals surface area contributed by atoms with Gasteiger partial charge in [-0.15, -0.1) is 0 Å². The van der Waals surface area contributed by atoms with Gasteiger partial charge in [0, 0.05) is 18.7 Å². The van der Waals surface area contributed by atoms with Gasteiger partial charge in [0.05, 0.1) is 18.9 Å². The lowest BCUT2D eigenvalue weighted by Gasteiger charge is -2.17. The van der Waals surface area contributed by atoms with Crippen LogP contribution in [0.3, 0.4) is 0 Å². The van der Waals surface area contributed by atoms with E-state index in [0.29, 0.717) is 10.8 Å². The fraction of sp³-hybridized carbons (Fsp3) is 0.312. The van der Waals surface area contributed by atoms with E-state index in [-0.39, 0.29) is 19.2 Å². The van der Waals surface area contributed by atoms with Gasteiger partial charge in [-0.05, 0) is 29.8 Å². The summed E-state index contributed by atoms with van der Waals surface area (Å²) in [5.41, 5.74) is 0.871. The summed E-state index contributed by atoms with van der Waals surface area (Å²) in [7, 11) is 1.56. The number of aliphatic hydroxyl groups is 1. The van der Waals surface area contributed by atoms with Crippen LogP contribution in [-0.2, 0) is 4.74 Å². The highest BCUT2D eigenvalue weighted by Crippen LogP contribution is 2.19. The second-order valence-electron chi connectivity index (χ2n) is 4.90. The molecule has 0 bridgehead atoms. The van der Waals surface area contributed by atoms with Gasteiger partial charge in [0.25, 0.3) is 0 Å². The van der Waals surface area contributed by atoms with Crippen LogP contribution in [0.15, 0.2) is 47.1 Å². The van der Waals surface area contributed by atoms with E-state index < -0.39 is 12.1 Å². The van der Waals surface area contributed by atoms with E-state index in [1.165, 1.54) is 6.26 Å². The van der Waals surface area contributed by atoms with Crippen molar-refractivity contribution < 1.29 is 19.1 Å². The highest BCUT2D eigenvalue weighted by molar-refractivity contribution is 6.30. The van der Waals surface area contributed by atoms with Crippen LogP contribution in [-0.4, -0.2) is 31.3 Å². The molecule has 0 aliphatic rings. The lowest BCUT2D eigenvalue weighted by Crippen LogP contribution is -2.39. The molecule has 2 aromatic rings. The lowest BCUT2D eigenvalue weighted by atomic mass is 10.1. The molecule has 0 aliphatic heterocycles. The summed E-state index contributed by atoms with van der Waals surface area (Å²) in [5.74, 6) is 0.402. The Kier molecular flexibility index (Phi) is 6.46. The number of hydrogen-bond donors (Lipinski definition) is 3. The molecule has 2 unspecified atom stereocenters. The summed E-state index contributed by atoms with van der Waals surface area (Å²) in [5, 5.41) is 15.7. The SMILES string of the molecule is COC(CNC(=O)NCC(O)c1ccco1)c1cccc(Cl)c1. The van der Waals surface area contributed by atoms with Crippen LogP contribution >= 0.6 is 11.6 Å². The smallest absolute Gasteiger partial charge is 0.314 e. The minimum absolute atomic E-state index is 0.0498. The molecule has 2 rings (SSSR count). The lowest BCUT2D eigenvalue weighted by molar-refractivity contribution is 0.103. The number of halogens is 1. The number of ether oxygens (including phenoxy) is 1. The van der Waals surface area contributed by atoms with Crippen LogP contribution in [0.1, 0.15) is 23.5 Å². The van der Waals surface area contributed by atoms with E-state index in [4.69, 9.17) is 20.8 Å². The fourth-order valence-corrected chi connectivity index (χ4v) is 2.26. The molecule has 0 saturated carbocycles. The fourth-order valence-electron chi connectivity index (χ4n) is 2.06. The predicted molar refractivity (Wildman–Crippen MR) is 86.3 cm³/mol. The Labute approximate surface area is 139 Å². The van der Waals surface area contributed by atoms with Crippen LogP contribution in [0.25, 0.3) is 0 Å². The molecular formula is C16H19ClN2O4. The summed E-state index contributed by atoms with van der Waals surface area (Å²) < 4.78 is 10.4. The molecule has 0 spiro atoms. The maximum atomic E-state index is 11.8. The van der Waals surface area contributed by atoms with E-state index in [0.717, 1.165) is 5.56 Å². The average molecular weight is 339 g/mol. The molecule has 6 nitrogen and oxygen atoms in total. The zero-order valence-corrected chi connectivity index (χ0v) is 13.4. The number of benzene rings is 1. The van der Waals surface area contributed by atoms with Crippen LogP contribution in [0.2, 0.25) is 5.02 Å². The molecule has 0 aliphatic carbocycles. The Bertz CT molecular complexity index is 618. The maximum absolute atomic E-state index is 11.8. The molecule has 0 saturated heterocycles. The van der Waals surface area contributed by atoms with Crippen molar-refractivity contribution in [3.05, 3.63) is 59.0 Å². The molecule has 3 N–H and O–H groups in total. The summed E-state index contributed by atoms with van der Waals surface area (Å²) in [6.45, 7) is 0.327. The van der Waals surface area contributed by atoms with E-state index in [2.05, 4.69) is 10.6 Å². The van der Waals surface area contributed by atoms with Crippen molar-refractivity contribution in [1.29, 1.82) is 0 Å². The van der Waals surface area contributed by atoms with Gasteiger partial charge in [0.15, 0.2) is 0 Å². The van der Waals surface area contributed by atoms with Crippen LogP contribution in [0.4, 0.5) is 4.79 Å². The standard InChI is InChI=1S/C16H19ClN2O4/c1-22-15(11-4-2-5-12(17)8-11)10-19-16(21)18-9-13(20)14-6-3-7-23-14/h2-8,13,15,20H,9-10H2,1H3,(H2,18,19,21). The summed E-state index contributed by atoms with van der Waals surface area (Å²) in [6.07, 6.45) is 0.267. The third-order valence-corrected chi connectivity index (χ3v) is 3.52. The van der Waals surface area contributed by atoms with Gasteiger partial charge in [0.2, 0.25) is 0 Å². The van der Waals surface area contributed by atoms with Gasteiger partial charge < -0.3 is 24.9 Å². The number of furan rings is 1. The second-order valence-corrected chi connectivity index (χ2v) is 5.34. The number of nitrogens with one attached hydrogen (secondary N) is 2. The predicted octanol–water partition coefficient (Wildman–Crippen LogP) is 2.65. The molecule has 2 amide bonds. The average Bonchev–Trinajstić information content (AvgIpc) is 3.08. The molecule has 0 radical (unpaired) electrons. The van der Waals surface area contributed by atoms with Crippen molar-refractivity contribution in [3.63, 3.8) is 0 Å². The monoisotopic (exact) mass is 338 g/mol. The maximum Gasteiger partial charge on any atom is 0.314 e. The van der Waals surface area contributed by atoms with Gasteiger partial charge in [0.1, 0.15) is 11.9 Å². The highest BCUT2D eigenvalue weighted by Gasteiger charge is 2.14. The molecule has 1 aromatic heterocycles. The molecule has 23 heavy (non-hydrogen) atoms. The minimum Gasteiger partial charge on any atom is -0.467 e. The molecule has 0 fully saturated rings. The number of hydrogen-bond acceptors (Lipinski definition) is 4. The largest absolute Gasteiger partial charge is 0.467 e. The number of urea groups is 1. The summed E-state index contributed by atoms with van der Waals surface area (Å²) in [6, 6.07) is 10.2. The van der Waals surface area contributed by atoms with Gasteiger partial charge in [-0.3, -0.25) is 0 Å². The minimum atomic E-state index is -0.887. The van der Waals surface area contributed by atoms with Gasteiger partial charge in [-0.25, -0.2) is 4.79 Å². The normalized spacial score (nSPS) is 13.3. The summed E-state index contributed by atoms with van der Waals surface area (Å²) >= 11 is 5.95. The third-order valence-electron chi connectivity index (χ3n) is 3.28. The van der Waals surface area contributed by atoms with Crippen molar-refractivity contribution in [2.75, 3.05) is 20.2 Å². The first kappa shape index (κ1) is 17.3. The van der Waals surface area contributed by atoms with E-state index >= 15 is 0 Å². The van der Waals surface area contributed by atoms with E-state index in [1.807, 2.05) is 12.1 Å². The van der Waals surface area contributed by atoms with Crippen LogP contribution in [0, 0.1) is 0 Å².